The van der Waals surface area contributed by atoms with Crippen LogP contribution in [0, 0.1) is 17.7 Å². The molecule has 2 rings (SSSR count). The first-order chi connectivity index (χ1) is 9.06. The van der Waals surface area contributed by atoms with Crippen LogP contribution in [0.1, 0.15) is 5.56 Å². The fourth-order valence-electron chi connectivity index (χ4n) is 1.41. The van der Waals surface area contributed by atoms with Gasteiger partial charge in [-0.05, 0) is 42.8 Å². The first-order valence-electron chi connectivity index (χ1n) is 5.25. The monoisotopic (exact) mass is 295 g/mol. The van der Waals surface area contributed by atoms with Crippen LogP contribution in [0.25, 0.3) is 0 Å². The minimum absolute atomic E-state index is 0.501. The molecule has 0 amide bonds. The van der Waals surface area contributed by atoms with Crippen LogP contribution in [0.2, 0.25) is 10.0 Å². The molecule has 0 atom stereocenters. The van der Waals surface area contributed by atoms with Crippen molar-refractivity contribution < 1.29 is 4.74 Å². The molecule has 4 nitrogen and oxygen atoms in total. The molecule has 2 N–H and O–H groups in total. The third-order valence-corrected chi connectivity index (χ3v) is 2.92. The van der Waals surface area contributed by atoms with E-state index in [2.05, 4.69) is 0 Å². The van der Waals surface area contributed by atoms with Crippen LogP contribution in [-0.4, -0.2) is 0 Å². The first-order valence-corrected chi connectivity index (χ1v) is 6.01. The Bertz CT molecular complexity index is 582. The molecular weight excluding hydrogens is 285 g/mol. The van der Waals surface area contributed by atoms with E-state index in [1.807, 2.05) is 6.92 Å². The van der Waals surface area contributed by atoms with E-state index in [4.69, 9.17) is 44.5 Å². The number of hydrogen-bond acceptors (Lipinski definition) is 4. The maximum Gasteiger partial charge on any atom is 0.132 e. The second-order valence-electron chi connectivity index (χ2n) is 3.70. The summed E-state index contributed by atoms with van der Waals surface area (Å²) in [6, 6.07) is 10.6. The molecule has 0 saturated heterocycles. The maximum absolute atomic E-state index is 6.00. The van der Waals surface area contributed by atoms with E-state index in [9.17, 15) is 0 Å². The van der Waals surface area contributed by atoms with Crippen LogP contribution in [-0.2, 0) is 0 Å². The SMILES string of the molecule is Cc1cc(Cl)c(N)cc1Oc1ccc(Cl)cc1.N#N. The number of benzene rings is 2. The Hall–Kier alpha value is -1.96. The number of halogens is 2. The average molecular weight is 296 g/mol. The van der Waals surface area contributed by atoms with Crippen molar-refractivity contribution in [3.05, 3.63) is 52.0 Å². The lowest BCUT2D eigenvalue weighted by atomic mass is 10.2. The van der Waals surface area contributed by atoms with Gasteiger partial charge in [-0.15, -0.1) is 0 Å². The van der Waals surface area contributed by atoms with Crippen LogP contribution < -0.4 is 10.5 Å². The van der Waals surface area contributed by atoms with Gasteiger partial charge < -0.3 is 10.5 Å². The summed E-state index contributed by atoms with van der Waals surface area (Å²) in [6.07, 6.45) is 0. The van der Waals surface area contributed by atoms with Crippen LogP contribution >= 0.6 is 23.2 Å². The molecule has 0 unspecified atom stereocenters. The fraction of sp³-hybridized carbons (Fsp3) is 0.0769. The predicted molar refractivity (Wildman–Crippen MR) is 75.6 cm³/mol. The van der Waals surface area contributed by atoms with E-state index in [0.717, 1.165) is 5.56 Å². The Morgan fingerprint density at radius 1 is 1.05 bits per heavy atom. The largest absolute Gasteiger partial charge is 0.457 e. The molecule has 0 radical (unpaired) electrons. The van der Waals surface area contributed by atoms with Crippen LogP contribution in [0.3, 0.4) is 0 Å². The molecular formula is C13H11Cl2N3O. The highest BCUT2D eigenvalue weighted by atomic mass is 35.5. The van der Waals surface area contributed by atoms with Gasteiger partial charge in [-0.2, -0.15) is 0 Å². The summed E-state index contributed by atoms with van der Waals surface area (Å²) in [5.74, 6) is 1.40. The number of nitrogens with two attached hydrogens (primary N) is 1. The average Bonchev–Trinajstić information content (AvgIpc) is 2.41. The third kappa shape index (κ3) is 4.02. The summed E-state index contributed by atoms with van der Waals surface area (Å²) >= 11 is 11.7. The van der Waals surface area contributed by atoms with Gasteiger partial charge in [0.1, 0.15) is 11.5 Å². The number of aryl methyl sites for hydroxylation is 1. The maximum atomic E-state index is 6.00. The van der Waals surface area contributed by atoms with Crippen LogP contribution in [0.4, 0.5) is 5.69 Å². The quantitative estimate of drug-likeness (QED) is 0.642. The Balaban J connectivity index is 0.000000861. The molecule has 2 aromatic carbocycles. The van der Waals surface area contributed by atoms with Gasteiger partial charge in [0, 0.05) is 21.9 Å². The molecule has 19 heavy (non-hydrogen) atoms. The Labute approximate surface area is 121 Å². The second kappa shape index (κ2) is 6.83. The zero-order valence-corrected chi connectivity index (χ0v) is 11.6. The van der Waals surface area contributed by atoms with Gasteiger partial charge in [-0.25, -0.2) is 0 Å². The van der Waals surface area contributed by atoms with Gasteiger partial charge in [0.25, 0.3) is 0 Å². The van der Waals surface area contributed by atoms with Gasteiger partial charge >= 0.3 is 0 Å². The van der Waals surface area contributed by atoms with E-state index in [0.29, 0.717) is 27.2 Å². The summed E-state index contributed by atoms with van der Waals surface area (Å²) in [5, 5.41) is 13.2. The molecule has 0 aromatic heterocycles. The minimum Gasteiger partial charge on any atom is -0.457 e. The Morgan fingerprint density at radius 3 is 2.21 bits per heavy atom. The third-order valence-electron chi connectivity index (χ3n) is 2.34. The molecule has 6 heteroatoms. The molecule has 0 aliphatic carbocycles. The smallest absolute Gasteiger partial charge is 0.132 e. The Kier molecular flexibility index (Phi) is 5.43. The van der Waals surface area contributed by atoms with E-state index in [1.54, 1.807) is 36.4 Å². The molecule has 0 heterocycles. The summed E-state index contributed by atoms with van der Waals surface area (Å²) in [4.78, 5) is 0. The molecule has 0 fully saturated rings. The number of rotatable bonds is 2. The van der Waals surface area contributed by atoms with Crippen molar-refractivity contribution in [2.24, 2.45) is 0 Å². The molecule has 0 spiro atoms. The van der Waals surface area contributed by atoms with Gasteiger partial charge in [-0.1, -0.05) is 23.2 Å². The van der Waals surface area contributed by atoms with Crippen molar-refractivity contribution in [3.63, 3.8) is 0 Å². The van der Waals surface area contributed by atoms with Crippen LogP contribution in [0.15, 0.2) is 36.4 Å². The summed E-state index contributed by atoms with van der Waals surface area (Å²) in [5.41, 5.74) is 7.17. The normalized spacial score (nSPS) is 9.32. The van der Waals surface area contributed by atoms with Crippen molar-refractivity contribution >= 4 is 28.9 Å². The zero-order chi connectivity index (χ0) is 14.4. The second-order valence-corrected chi connectivity index (χ2v) is 4.54. The number of nitrogen functional groups attached to an aromatic ring is 1. The van der Waals surface area contributed by atoms with Crippen molar-refractivity contribution in [1.82, 2.24) is 0 Å². The lowest BCUT2D eigenvalue weighted by molar-refractivity contribution is 0.479. The van der Waals surface area contributed by atoms with Crippen molar-refractivity contribution in [2.75, 3.05) is 5.73 Å². The molecule has 0 bridgehead atoms. The van der Waals surface area contributed by atoms with Crippen LogP contribution in [0.5, 0.6) is 11.5 Å². The first kappa shape index (κ1) is 15.1. The summed E-state index contributed by atoms with van der Waals surface area (Å²) in [6.45, 7) is 1.91. The van der Waals surface area contributed by atoms with E-state index >= 15 is 0 Å². The van der Waals surface area contributed by atoms with Crippen molar-refractivity contribution in [2.45, 2.75) is 6.92 Å². The molecule has 0 aliphatic heterocycles. The van der Waals surface area contributed by atoms with E-state index < -0.39 is 0 Å². The number of nitrogens with zero attached hydrogens (tertiary/aromatic N) is 2. The predicted octanol–water partition coefficient (Wildman–Crippen LogP) is 4.71. The number of anilines is 1. The molecule has 0 aliphatic rings. The van der Waals surface area contributed by atoms with E-state index in [-0.39, 0.29) is 0 Å². The molecule has 0 saturated carbocycles. The zero-order valence-electron chi connectivity index (χ0n) is 10.1. The van der Waals surface area contributed by atoms with Gasteiger partial charge in [-0.3, -0.25) is 0 Å². The fourth-order valence-corrected chi connectivity index (χ4v) is 1.75. The van der Waals surface area contributed by atoms with Gasteiger partial charge in [0.05, 0.1) is 10.7 Å². The lowest BCUT2D eigenvalue weighted by Crippen LogP contribution is -1.92. The van der Waals surface area contributed by atoms with Crippen molar-refractivity contribution in [1.29, 1.82) is 10.8 Å². The highest BCUT2D eigenvalue weighted by Gasteiger charge is 2.05. The van der Waals surface area contributed by atoms with Gasteiger partial charge in [0.15, 0.2) is 0 Å². The summed E-state index contributed by atoms with van der Waals surface area (Å²) in [7, 11) is 0. The summed E-state index contributed by atoms with van der Waals surface area (Å²) < 4.78 is 5.70. The standard InChI is InChI=1S/C13H11Cl2NO.N2/c1-8-6-11(15)12(16)7-13(8)17-10-4-2-9(14)3-5-10;1-2/h2-7H,16H2,1H3;. The van der Waals surface area contributed by atoms with Gasteiger partial charge in [0.2, 0.25) is 0 Å². The minimum atomic E-state index is 0.501. The highest BCUT2D eigenvalue weighted by molar-refractivity contribution is 6.33. The Morgan fingerprint density at radius 2 is 1.63 bits per heavy atom. The topological polar surface area (TPSA) is 82.8 Å². The number of ether oxygens (including phenoxy) is 1. The van der Waals surface area contributed by atoms with E-state index in [1.165, 1.54) is 0 Å². The molecule has 2 aromatic rings. The highest BCUT2D eigenvalue weighted by Crippen LogP contribution is 2.31. The lowest BCUT2D eigenvalue weighted by Gasteiger charge is -2.10. The van der Waals surface area contributed by atoms with Crippen molar-refractivity contribution in [3.8, 4) is 11.5 Å². The molecule has 98 valence electrons. The number of hydrogen-bond donors (Lipinski definition) is 1.